The number of carbonyl (C=O) groups is 1. The maximum Gasteiger partial charge on any atom is 0.234 e. The van der Waals surface area contributed by atoms with Gasteiger partial charge < -0.3 is 9.73 Å². The molecular weight excluding hydrogens is 368 g/mol. The Labute approximate surface area is 162 Å². The van der Waals surface area contributed by atoms with Gasteiger partial charge in [-0.25, -0.2) is 0 Å². The number of hydrogen-bond donors (Lipinski definition) is 1. The SMILES string of the molecule is O=C(CN(Cc1ccco1)Cc1cccs1)NCCc1cccc(Cl)c1. The maximum absolute atomic E-state index is 12.4. The van der Waals surface area contributed by atoms with Gasteiger partial charge in [-0.3, -0.25) is 9.69 Å². The number of halogens is 1. The van der Waals surface area contributed by atoms with Crippen molar-refractivity contribution in [3.8, 4) is 0 Å². The van der Waals surface area contributed by atoms with E-state index in [1.54, 1.807) is 17.6 Å². The Bertz CT molecular complexity index is 767. The standard InChI is InChI=1S/C20H21ClN2O2S/c21-17-5-1-4-16(12-17)8-9-22-20(24)15-23(13-18-6-2-10-25-18)14-19-7-3-11-26-19/h1-7,10-12H,8-9,13-15H2,(H,22,24). The molecule has 0 aliphatic carbocycles. The van der Waals surface area contributed by atoms with Crippen molar-refractivity contribution in [3.63, 3.8) is 0 Å². The van der Waals surface area contributed by atoms with Gasteiger partial charge in [0.1, 0.15) is 5.76 Å². The lowest BCUT2D eigenvalue weighted by atomic mass is 10.1. The largest absolute Gasteiger partial charge is 0.468 e. The van der Waals surface area contributed by atoms with Crippen LogP contribution in [0.25, 0.3) is 0 Å². The summed E-state index contributed by atoms with van der Waals surface area (Å²) < 4.78 is 5.43. The zero-order valence-electron chi connectivity index (χ0n) is 14.4. The molecule has 136 valence electrons. The van der Waals surface area contributed by atoms with Gasteiger partial charge in [-0.15, -0.1) is 11.3 Å². The van der Waals surface area contributed by atoms with Crippen LogP contribution >= 0.6 is 22.9 Å². The number of thiophene rings is 1. The van der Waals surface area contributed by atoms with Gasteiger partial charge in [-0.1, -0.05) is 29.8 Å². The zero-order chi connectivity index (χ0) is 18.2. The summed E-state index contributed by atoms with van der Waals surface area (Å²) in [5.74, 6) is 0.864. The molecule has 3 aromatic rings. The quantitative estimate of drug-likeness (QED) is 0.592. The van der Waals surface area contributed by atoms with E-state index in [1.807, 2.05) is 47.8 Å². The number of benzene rings is 1. The van der Waals surface area contributed by atoms with Crippen LogP contribution in [-0.4, -0.2) is 23.9 Å². The third-order valence-corrected chi connectivity index (χ3v) is 5.01. The lowest BCUT2D eigenvalue weighted by Crippen LogP contribution is -2.37. The van der Waals surface area contributed by atoms with Crippen molar-refractivity contribution in [1.29, 1.82) is 0 Å². The summed E-state index contributed by atoms with van der Waals surface area (Å²) in [5, 5.41) is 5.75. The van der Waals surface area contributed by atoms with Crippen LogP contribution in [0.15, 0.2) is 64.6 Å². The van der Waals surface area contributed by atoms with Crippen LogP contribution < -0.4 is 5.32 Å². The molecule has 1 N–H and O–H groups in total. The average Bonchev–Trinajstić information content (AvgIpc) is 3.29. The van der Waals surface area contributed by atoms with E-state index < -0.39 is 0 Å². The van der Waals surface area contributed by atoms with Crippen molar-refractivity contribution in [2.45, 2.75) is 19.5 Å². The maximum atomic E-state index is 12.4. The fourth-order valence-corrected chi connectivity index (χ4v) is 3.67. The van der Waals surface area contributed by atoms with Crippen LogP contribution in [0.1, 0.15) is 16.2 Å². The van der Waals surface area contributed by atoms with Crippen LogP contribution in [0, 0.1) is 0 Å². The van der Waals surface area contributed by atoms with Crippen LogP contribution in [0.4, 0.5) is 0 Å². The first-order valence-corrected chi connectivity index (χ1v) is 9.73. The number of carbonyl (C=O) groups excluding carboxylic acids is 1. The number of rotatable bonds is 9. The van der Waals surface area contributed by atoms with Crippen LogP contribution in [0.3, 0.4) is 0 Å². The number of furan rings is 1. The predicted molar refractivity (Wildman–Crippen MR) is 105 cm³/mol. The molecule has 0 aliphatic heterocycles. The smallest absolute Gasteiger partial charge is 0.234 e. The molecule has 2 heterocycles. The van der Waals surface area contributed by atoms with E-state index in [9.17, 15) is 4.79 Å². The molecule has 0 radical (unpaired) electrons. The molecule has 0 saturated heterocycles. The molecule has 0 saturated carbocycles. The van der Waals surface area contributed by atoms with Crippen LogP contribution in [-0.2, 0) is 24.3 Å². The van der Waals surface area contributed by atoms with Gasteiger partial charge in [0.2, 0.25) is 5.91 Å². The molecular formula is C20H21ClN2O2S. The van der Waals surface area contributed by atoms with Gasteiger partial charge in [0, 0.05) is 23.0 Å². The lowest BCUT2D eigenvalue weighted by molar-refractivity contribution is -0.122. The summed E-state index contributed by atoms with van der Waals surface area (Å²) >= 11 is 7.68. The Hall–Kier alpha value is -2.08. The van der Waals surface area contributed by atoms with Gasteiger partial charge in [0.05, 0.1) is 19.4 Å². The molecule has 4 nitrogen and oxygen atoms in total. The number of nitrogens with one attached hydrogen (secondary N) is 1. The number of amides is 1. The summed E-state index contributed by atoms with van der Waals surface area (Å²) in [6.07, 6.45) is 2.42. The van der Waals surface area contributed by atoms with Crippen LogP contribution in [0.2, 0.25) is 5.02 Å². The minimum Gasteiger partial charge on any atom is -0.468 e. The molecule has 1 aromatic carbocycles. The summed E-state index contributed by atoms with van der Waals surface area (Å²) in [5.41, 5.74) is 1.11. The number of hydrogen-bond acceptors (Lipinski definition) is 4. The van der Waals surface area contributed by atoms with E-state index in [2.05, 4.69) is 16.3 Å². The molecule has 0 unspecified atom stereocenters. The Morgan fingerprint density at radius 2 is 2.08 bits per heavy atom. The second-order valence-electron chi connectivity index (χ2n) is 6.03. The molecule has 3 rings (SSSR count). The van der Waals surface area contributed by atoms with Gasteiger partial charge in [-0.2, -0.15) is 0 Å². The highest BCUT2D eigenvalue weighted by atomic mass is 35.5. The van der Waals surface area contributed by atoms with E-state index in [1.165, 1.54) is 4.88 Å². The fourth-order valence-electron chi connectivity index (χ4n) is 2.71. The highest BCUT2D eigenvalue weighted by Gasteiger charge is 2.14. The first-order chi connectivity index (χ1) is 12.7. The Balaban J connectivity index is 1.50. The van der Waals surface area contributed by atoms with Crippen molar-refractivity contribution in [1.82, 2.24) is 10.2 Å². The summed E-state index contributed by atoms with van der Waals surface area (Å²) in [7, 11) is 0. The third kappa shape index (κ3) is 6.02. The Kier molecular flexibility index (Phi) is 6.89. The second kappa shape index (κ2) is 9.57. The summed E-state index contributed by atoms with van der Waals surface area (Å²) in [6.45, 7) is 2.24. The van der Waals surface area contributed by atoms with E-state index in [4.69, 9.17) is 16.0 Å². The number of nitrogens with zero attached hydrogens (tertiary/aromatic N) is 1. The molecule has 0 fully saturated rings. The zero-order valence-corrected chi connectivity index (χ0v) is 15.9. The van der Waals surface area contributed by atoms with E-state index in [0.717, 1.165) is 29.3 Å². The topological polar surface area (TPSA) is 45.5 Å². The summed E-state index contributed by atoms with van der Waals surface area (Å²) in [6, 6.07) is 15.6. The van der Waals surface area contributed by atoms with Crippen molar-refractivity contribution in [2.24, 2.45) is 0 Å². The minimum absolute atomic E-state index is 0.00939. The minimum atomic E-state index is 0.00939. The third-order valence-electron chi connectivity index (χ3n) is 3.91. The summed E-state index contributed by atoms with van der Waals surface area (Å²) in [4.78, 5) is 15.7. The van der Waals surface area contributed by atoms with Crippen LogP contribution in [0.5, 0.6) is 0 Å². The first-order valence-electron chi connectivity index (χ1n) is 8.47. The van der Waals surface area contributed by atoms with Gasteiger partial charge in [-0.05, 0) is 47.7 Å². The van der Waals surface area contributed by atoms with Crippen molar-refractivity contribution in [3.05, 3.63) is 81.4 Å². The highest BCUT2D eigenvalue weighted by molar-refractivity contribution is 7.09. The van der Waals surface area contributed by atoms with Gasteiger partial charge in [0.15, 0.2) is 0 Å². The normalized spacial score (nSPS) is 11.0. The molecule has 0 bridgehead atoms. The van der Waals surface area contributed by atoms with E-state index in [-0.39, 0.29) is 5.91 Å². The molecule has 0 aliphatic rings. The molecule has 0 atom stereocenters. The Morgan fingerprint density at radius 1 is 1.15 bits per heavy atom. The average molecular weight is 389 g/mol. The molecule has 26 heavy (non-hydrogen) atoms. The highest BCUT2D eigenvalue weighted by Crippen LogP contribution is 2.15. The molecule has 6 heteroatoms. The van der Waals surface area contributed by atoms with E-state index in [0.29, 0.717) is 19.6 Å². The first kappa shape index (κ1) is 18.7. The second-order valence-corrected chi connectivity index (χ2v) is 7.50. The Morgan fingerprint density at radius 3 is 2.81 bits per heavy atom. The molecule has 1 amide bonds. The van der Waals surface area contributed by atoms with Crippen molar-refractivity contribution < 1.29 is 9.21 Å². The van der Waals surface area contributed by atoms with Gasteiger partial charge in [0.25, 0.3) is 0 Å². The molecule has 2 aromatic heterocycles. The fraction of sp³-hybridized carbons (Fsp3) is 0.250. The van der Waals surface area contributed by atoms with E-state index >= 15 is 0 Å². The van der Waals surface area contributed by atoms with Gasteiger partial charge >= 0.3 is 0 Å². The predicted octanol–water partition coefficient (Wildman–Crippen LogP) is 4.36. The van der Waals surface area contributed by atoms with Crippen molar-refractivity contribution >= 4 is 28.8 Å². The van der Waals surface area contributed by atoms with Crippen molar-refractivity contribution in [2.75, 3.05) is 13.1 Å². The lowest BCUT2D eigenvalue weighted by Gasteiger charge is -2.20. The molecule has 0 spiro atoms. The monoisotopic (exact) mass is 388 g/mol.